The Hall–Kier alpha value is -0.840. The minimum absolute atomic E-state index is 0.347. The van der Waals surface area contributed by atoms with E-state index >= 15 is 0 Å². The first-order chi connectivity index (χ1) is 5.45. The Morgan fingerprint density at radius 1 is 1.50 bits per heavy atom. The van der Waals surface area contributed by atoms with Crippen LogP contribution in [0.5, 0.6) is 0 Å². The van der Waals surface area contributed by atoms with Gasteiger partial charge in [0, 0.05) is 6.92 Å². The van der Waals surface area contributed by atoms with Gasteiger partial charge >= 0.3 is 0 Å². The molecule has 0 spiro atoms. The molecule has 1 unspecified atom stereocenters. The number of hydrogen-bond donors (Lipinski definition) is 1. The van der Waals surface area contributed by atoms with Crippen molar-refractivity contribution in [1.29, 1.82) is 0 Å². The zero-order valence-electron chi connectivity index (χ0n) is 7.36. The average molecular weight is 181 g/mol. The zero-order chi connectivity index (χ0) is 10.1. The third kappa shape index (κ3) is 11.9. The summed E-state index contributed by atoms with van der Waals surface area (Å²) in [5.41, 5.74) is 0. The van der Waals surface area contributed by atoms with E-state index in [1.807, 2.05) is 0 Å². The Morgan fingerprint density at radius 2 is 1.83 bits per heavy atom. The summed E-state index contributed by atoms with van der Waals surface area (Å²) in [5, 5.41) is 2.63. The topological polar surface area (TPSA) is 46.2 Å². The molecule has 0 aromatic rings. The number of hydrogen-bond acceptors (Lipinski definition) is 3. The van der Waals surface area contributed by atoms with Gasteiger partial charge in [0.2, 0.25) is 0 Å². The van der Waals surface area contributed by atoms with E-state index in [9.17, 15) is 13.6 Å². The molecular formula is C7H13F2NO2. The van der Waals surface area contributed by atoms with Gasteiger partial charge in [0.1, 0.15) is 6.67 Å². The zero-order valence-corrected chi connectivity index (χ0v) is 7.36. The van der Waals surface area contributed by atoms with Crippen LogP contribution in [0.2, 0.25) is 0 Å². The van der Waals surface area contributed by atoms with E-state index in [1.165, 1.54) is 0 Å². The van der Waals surface area contributed by atoms with Crippen molar-refractivity contribution in [3.05, 3.63) is 0 Å². The molecule has 0 saturated heterocycles. The van der Waals surface area contributed by atoms with Gasteiger partial charge in [-0.1, -0.05) is 0 Å². The number of Topliss-reactive ketones (excluding diaryl/α,β-unsaturated/α-hetero) is 1. The van der Waals surface area contributed by atoms with Gasteiger partial charge in [-0.05, 0) is 14.0 Å². The van der Waals surface area contributed by atoms with Gasteiger partial charge in [0.15, 0.2) is 5.78 Å². The number of rotatable bonds is 3. The molecule has 0 amide bonds. The van der Waals surface area contributed by atoms with Crippen LogP contribution in [0.25, 0.3) is 0 Å². The fourth-order valence-corrected chi connectivity index (χ4v) is 0.277. The normalized spacial score (nSPS) is 11.1. The maximum Gasteiger partial charge on any atom is 0.298 e. The summed E-state index contributed by atoms with van der Waals surface area (Å²) in [6, 6.07) is -1.68. The predicted molar refractivity (Wildman–Crippen MR) is 41.3 cm³/mol. The highest BCUT2D eigenvalue weighted by Gasteiger charge is 2.07. The molecule has 5 heteroatoms. The van der Waals surface area contributed by atoms with Gasteiger partial charge in [0.05, 0.1) is 6.04 Å². The van der Waals surface area contributed by atoms with Gasteiger partial charge < -0.3 is 5.32 Å². The lowest BCUT2D eigenvalue weighted by Crippen LogP contribution is -2.31. The molecule has 0 heterocycles. The van der Waals surface area contributed by atoms with E-state index in [2.05, 4.69) is 5.32 Å². The first kappa shape index (κ1) is 13.7. The standard InChI is InChI=1S/C5H10FNO.C2H3FO/c1-4(7-2)5(8)3-6;1-2(3)4/h4,7H,3H2,1-2H3;1H3. The number of halogens is 2. The Morgan fingerprint density at radius 3 is 1.92 bits per heavy atom. The fourth-order valence-electron chi connectivity index (χ4n) is 0.277. The molecule has 0 rings (SSSR count). The summed E-state index contributed by atoms with van der Waals surface area (Å²) in [5.74, 6) is -0.396. The molecule has 3 nitrogen and oxygen atoms in total. The highest BCUT2D eigenvalue weighted by Crippen LogP contribution is 1.82. The third-order valence-electron chi connectivity index (χ3n) is 1.05. The summed E-state index contributed by atoms with van der Waals surface area (Å²) in [7, 11) is 1.62. The molecule has 0 aliphatic heterocycles. The second-order valence-electron chi connectivity index (χ2n) is 2.08. The average Bonchev–Trinajstić information content (AvgIpc) is 2.00. The second-order valence-corrected chi connectivity index (χ2v) is 2.08. The Bertz CT molecular complexity index is 146. The number of nitrogens with one attached hydrogen (secondary N) is 1. The molecule has 0 radical (unpaired) electrons. The van der Waals surface area contributed by atoms with Gasteiger partial charge in [-0.15, -0.1) is 0 Å². The van der Waals surface area contributed by atoms with Crippen molar-refractivity contribution in [1.82, 2.24) is 5.32 Å². The van der Waals surface area contributed by atoms with E-state index in [0.29, 0.717) is 0 Å². The summed E-state index contributed by atoms with van der Waals surface area (Å²) in [6.45, 7) is 1.62. The van der Waals surface area contributed by atoms with Crippen LogP contribution in [0.4, 0.5) is 8.78 Å². The number of carbonyl (C=O) groups excluding carboxylic acids is 2. The van der Waals surface area contributed by atoms with Crippen LogP contribution in [-0.2, 0) is 9.59 Å². The van der Waals surface area contributed by atoms with E-state index < -0.39 is 18.5 Å². The van der Waals surface area contributed by atoms with E-state index in [-0.39, 0.29) is 6.04 Å². The molecule has 0 bridgehead atoms. The van der Waals surface area contributed by atoms with Crippen LogP contribution < -0.4 is 5.32 Å². The molecule has 0 aromatic heterocycles. The molecule has 0 aliphatic rings. The van der Waals surface area contributed by atoms with Crippen molar-refractivity contribution in [2.75, 3.05) is 13.7 Å². The lowest BCUT2D eigenvalue weighted by molar-refractivity contribution is -0.126. The van der Waals surface area contributed by atoms with Crippen molar-refractivity contribution in [2.24, 2.45) is 0 Å². The van der Waals surface area contributed by atoms with Crippen LogP contribution in [0.3, 0.4) is 0 Å². The molecule has 12 heavy (non-hydrogen) atoms. The Kier molecular flexibility index (Phi) is 9.45. The quantitative estimate of drug-likeness (QED) is 0.650. The molecule has 72 valence electrons. The van der Waals surface area contributed by atoms with Gasteiger partial charge in [-0.25, -0.2) is 4.39 Å². The smallest absolute Gasteiger partial charge is 0.298 e. The van der Waals surface area contributed by atoms with Crippen LogP contribution in [-0.4, -0.2) is 31.6 Å². The van der Waals surface area contributed by atoms with Crippen molar-refractivity contribution < 1.29 is 18.4 Å². The molecular weight excluding hydrogens is 168 g/mol. The SMILES string of the molecule is CC(=O)F.CNC(C)C(=O)CF. The molecule has 0 aromatic carbocycles. The van der Waals surface area contributed by atoms with Crippen LogP contribution >= 0.6 is 0 Å². The highest BCUT2D eigenvalue weighted by molar-refractivity contribution is 5.84. The van der Waals surface area contributed by atoms with Gasteiger partial charge in [0.25, 0.3) is 6.04 Å². The van der Waals surface area contributed by atoms with Crippen LogP contribution in [0, 0.1) is 0 Å². The Labute approximate surface area is 70.1 Å². The van der Waals surface area contributed by atoms with E-state index in [0.717, 1.165) is 6.92 Å². The first-order valence-electron chi connectivity index (χ1n) is 3.37. The second kappa shape index (κ2) is 8.26. The third-order valence-corrected chi connectivity index (χ3v) is 1.05. The maximum absolute atomic E-state index is 11.4. The molecule has 0 aliphatic carbocycles. The number of ketones is 1. The summed E-state index contributed by atoms with van der Waals surface area (Å²) < 4.78 is 21.8. The van der Waals surface area contributed by atoms with Crippen molar-refractivity contribution in [3.63, 3.8) is 0 Å². The fraction of sp³-hybridized carbons (Fsp3) is 0.714. The number of carbonyl (C=O) groups is 2. The van der Waals surface area contributed by atoms with Crippen molar-refractivity contribution >= 4 is 11.8 Å². The molecule has 0 saturated carbocycles. The lowest BCUT2D eigenvalue weighted by atomic mass is 10.2. The van der Waals surface area contributed by atoms with Crippen molar-refractivity contribution in [3.8, 4) is 0 Å². The van der Waals surface area contributed by atoms with Crippen LogP contribution in [0.15, 0.2) is 0 Å². The van der Waals surface area contributed by atoms with Crippen molar-refractivity contribution in [2.45, 2.75) is 19.9 Å². The summed E-state index contributed by atoms with van der Waals surface area (Å²) in [4.78, 5) is 19.1. The first-order valence-corrected chi connectivity index (χ1v) is 3.37. The molecule has 0 fully saturated rings. The van der Waals surface area contributed by atoms with E-state index in [1.54, 1.807) is 14.0 Å². The predicted octanol–water partition coefficient (Wildman–Crippen LogP) is 0.635. The molecule has 1 atom stereocenters. The lowest BCUT2D eigenvalue weighted by Gasteiger charge is -2.03. The largest absolute Gasteiger partial charge is 0.311 e. The summed E-state index contributed by atoms with van der Waals surface area (Å²) >= 11 is 0. The maximum atomic E-state index is 11.4. The summed E-state index contributed by atoms with van der Waals surface area (Å²) in [6.07, 6.45) is 0. The minimum atomic E-state index is -1.33. The highest BCUT2D eigenvalue weighted by atomic mass is 19.1. The van der Waals surface area contributed by atoms with Gasteiger partial charge in [-0.2, -0.15) is 4.39 Å². The Balaban J connectivity index is 0. The minimum Gasteiger partial charge on any atom is -0.311 e. The molecule has 1 N–H and O–H groups in total. The number of alkyl halides is 1. The van der Waals surface area contributed by atoms with E-state index in [4.69, 9.17) is 4.79 Å². The van der Waals surface area contributed by atoms with Gasteiger partial charge in [-0.3, -0.25) is 9.59 Å². The monoisotopic (exact) mass is 181 g/mol. The number of likely N-dealkylation sites (N-methyl/N-ethyl adjacent to an activating group) is 1. The van der Waals surface area contributed by atoms with Crippen LogP contribution in [0.1, 0.15) is 13.8 Å².